The van der Waals surface area contributed by atoms with Crippen molar-refractivity contribution in [2.45, 2.75) is 154 Å². The van der Waals surface area contributed by atoms with Gasteiger partial charge in [0.15, 0.2) is 6.21 Å². The van der Waals surface area contributed by atoms with Crippen LogP contribution >= 0.6 is 0 Å². The average molecular weight is 616 g/mol. The SMILES string of the molecule is CC[C@H](CC[C@H](CC(=O)CCC1CCC(O)C(OC)C1)OC(C)=O)CC1=C(CC2(C3CC[NH2+]C(N)C3)CCCCC2)C=N[CH+]1. The second-order valence-corrected chi connectivity index (χ2v) is 14.6. The van der Waals surface area contributed by atoms with Crippen molar-refractivity contribution in [1.82, 2.24) is 0 Å². The molecule has 3 fully saturated rings. The number of nitrogens with two attached hydrogens (primary N) is 2. The molecule has 8 nitrogen and oxygen atoms in total. The lowest BCUT2D eigenvalue weighted by atomic mass is 9.60. The Balaban J connectivity index is 1.31. The minimum absolute atomic E-state index is 0.140. The first-order chi connectivity index (χ1) is 21.2. The number of Topliss-reactive ketones (excluding diaryl/α,β-unsaturated/α-hetero) is 1. The Hall–Kier alpha value is -1.74. The third kappa shape index (κ3) is 10.1. The van der Waals surface area contributed by atoms with Gasteiger partial charge in [-0.2, -0.15) is 0 Å². The summed E-state index contributed by atoms with van der Waals surface area (Å²) in [5.74, 6) is 1.37. The van der Waals surface area contributed by atoms with Gasteiger partial charge in [-0.3, -0.25) is 15.3 Å². The lowest BCUT2D eigenvalue weighted by Crippen LogP contribution is -2.95. The zero-order valence-electron chi connectivity index (χ0n) is 27.8. The molecule has 0 aromatic carbocycles. The summed E-state index contributed by atoms with van der Waals surface area (Å²) >= 11 is 0. The van der Waals surface area contributed by atoms with E-state index < -0.39 is 6.10 Å². The van der Waals surface area contributed by atoms with Gasteiger partial charge in [0.25, 0.3) is 0 Å². The van der Waals surface area contributed by atoms with Crippen LogP contribution in [0, 0.1) is 29.7 Å². The second-order valence-electron chi connectivity index (χ2n) is 14.6. The highest BCUT2D eigenvalue weighted by molar-refractivity contribution is 5.84. The summed E-state index contributed by atoms with van der Waals surface area (Å²) in [6, 6.07) is 0. The van der Waals surface area contributed by atoms with Crippen LogP contribution in [0.15, 0.2) is 16.1 Å². The van der Waals surface area contributed by atoms with Gasteiger partial charge in [0.2, 0.25) is 0 Å². The molecule has 8 heteroatoms. The number of hydrogen-bond acceptors (Lipinski definition) is 7. The number of allylic oxidation sites excluding steroid dienone is 1. The molecule has 248 valence electrons. The van der Waals surface area contributed by atoms with Crippen molar-refractivity contribution in [1.29, 1.82) is 0 Å². The molecule has 0 spiro atoms. The number of quaternary nitrogens is 1. The molecule has 0 radical (unpaired) electrons. The van der Waals surface area contributed by atoms with Gasteiger partial charge in [0.1, 0.15) is 30.2 Å². The van der Waals surface area contributed by atoms with Crippen molar-refractivity contribution in [3.63, 3.8) is 0 Å². The van der Waals surface area contributed by atoms with Gasteiger partial charge in [0, 0.05) is 52.6 Å². The highest BCUT2D eigenvalue weighted by Crippen LogP contribution is 2.51. The molecule has 0 bridgehead atoms. The number of methoxy groups -OCH3 is 1. The van der Waals surface area contributed by atoms with Crippen molar-refractivity contribution in [3.05, 3.63) is 17.7 Å². The molecular formula is C36H61N3O5+2. The lowest BCUT2D eigenvalue weighted by Gasteiger charge is -2.45. The van der Waals surface area contributed by atoms with Crippen LogP contribution in [0.5, 0.6) is 0 Å². The first-order valence-electron chi connectivity index (χ1n) is 17.8. The minimum Gasteiger partial charge on any atom is -0.462 e. The number of carbonyl (C=O) groups excluding carboxylic acids is 2. The summed E-state index contributed by atoms with van der Waals surface area (Å²) in [6.45, 7) is 6.90. The Labute approximate surface area is 266 Å². The van der Waals surface area contributed by atoms with Crippen LogP contribution in [0.3, 0.4) is 0 Å². The van der Waals surface area contributed by atoms with Gasteiger partial charge in [0.05, 0.1) is 24.3 Å². The van der Waals surface area contributed by atoms with E-state index in [0.717, 1.165) is 64.3 Å². The fourth-order valence-corrected chi connectivity index (χ4v) is 8.75. The zero-order valence-corrected chi connectivity index (χ0v) is 27.8. The fourth-order valence-electron chi connectivity index (χ4n) is 8.75. The number of aliphatic imine (C=N–C) groups is 1. The van der Waals surface area contributed by atoms with Crippen LogP contribution < -0.4 is 11.1 Å². The van der Waals surface area contributed by atoms with E-state index in [2.05, 4.69) is 30.0 Å². The van der Waals surface area contributed by atoms with Crippen LogP contribution in [0.2, 0.25) is 0 Å². The topological polar surface area (TPSA) is 128 Å². The molecule has 0 aromatic heterocycles. The smallest absolute Gasteiger partial charge is 0.302 e. The monoisotopic (exact) mass is 615 g/mol. The maximum atomic E-state index is 13.0. The molecule has 4 aliphatic rings. The standard InChI is InChI=1S/C36H60N3O5/c1-4-26(9-12-32(44-25(2)40)21-31(41)11-8-27-10-13-33(42)34(19-27)43-3)18-28-23-38-24-29(28)22-36(15-6-5-7-16-36)30-14-17-39-35(37)20-30/h23-24,26-27,30,32-35,39,42H,4-22,37H2,1-3H3/q+1/p+1/t26-,27?,30?,32-,33?,34?,35?/m1/s1. The molecule has 2 aliphatic heterocycles. The number of ether oxygens (including phenoxy) is 2. The minimum atomic E-state index is -0.407. The molecule has 2 aliphatic carbocycles. The Morgan fingerprint density at radius 2 is 1.98 bits per heavy atom. The number of piperidine rings is 1. The van der Waals surface area contributed by atoms with Gasteiger partial charge in [-0.05, 0) is 74.5 Å². The number of hydrogen-bond donors (Lipinski definition) is 3. The van der Waals surface area contributed by atoms with Crippen molar-refractivity contribution in [3.8, 4) is 0 Å². The van der Waals surface area contributed by atoms with Gasteiger partial charge in [-0.15, -0.1) is 4.99 Å². The van der Waals surface area contributed by atoms with E-state index in [-0.39, 0.29) is 36.5 Å². The largest absolute Gasteiger partial charge is 0.462 e. The Bertz CT molecular complexity index is 990. The molecule has 44 heavy (non-hydrogen) atoms. The van der Waals surface area contributed by atoms with Crippen molar-refractivity contribution >= 4 is 18.0 Å². The quantitative estimate of drug-likeness (QED) is 0.162. The predicted octanol–water partition coefficient (Wildman–Crippen LogP) is 5.17. The van der Waals surface area contributed by atoms with E-state index in [9.17, 15) is 14.7 Å². The predicted molar refractivity (Wildman–Crippen MR) is 174 cm³/mol. The van der Waals surface area contributed by atoms with Crippen molar-refractivity contribution in [2.24, 2.45) is 33.9 Å². The summed E-state index contributed by atoms with van der Waals surface area (Å²) in [7, 11) is 1.64. The number of rotatable bonds is 16. The molecule has 7 atom stereocenters. The summed E-state index contributed by atoms with van der Waals surface area (Å²) in [5.41, 5.74) is 9.57. The number of aliphatic hydroxyl groups excluding tert-OH is 1. The number of nitrogens with zero attached hydrogens (tertiary/aromatic N) is 1. The molecule has 5 unspecified atom stereocenters. The molecule has 0 aromatic rings. The molecule has 2 saturated carbocycles. The van der Waals surface area contributed by atoms with Crippen molar-refractivity contribution in [2.75, 3.05) is 13.7 Å². The van der Waals surface area contributed by atoms with Crippen LogP contribution in [0.25, 0.3) is 0 Å². The number of carbonyl (C=O) groups is 2. The van der Waals surface area contributed by atoms with Crippen molar-refractivity contribution < 1.29 is 29.5 Å². The number of esters is 1. The Kier molecular flexibility index (Phi) is 13.8. The van der Waals surface area contributed by atoms with Gasteiger partial charge >= 0.3 is 5.97 Å². The summed E-state index contributed by atoms with van der Waals surface area (Å²) in [4.78, 5) is 29.6. The molecule has 4 rings (SSSR count). The lowest BCUT2D eigenvalue weighted by molar-refractivity contribution is -0.700. The summed E-state index contributed by atoms with van der Waals surface area (Å²) in [6.07, 6.45) is 19.2. The molecule has 2 heterocycles. The highest BCUT2D eigenvalue weighted by atomic mass is 16.5. The third-order valence-corrected chi connectivity index (χ3v) is 11.4. The molecule has 5 N–H and O–H groups in total. The van der Waals surface area contributed by atoms with Crippen LogP contribution in [-0.4, -0.2) is 61.2 Å². The van der Waals surface area contributed by atoms with Gasteiger partial charge in [-0.1, -0.05) is 32.6 Å². The van der Waals surface area contributed by atoms with E-state index in [1.54, 1.807) is 7.11 Å². The molecule has 0 amide bonds. The normalized spacial score (nSPS) is 30.1. The number of aliphatic hydroxyl groups is 1. The highest BCUT2D eigenvalue weighted by Gasteiger charge is 2.45. The van der Waals surface area contributed by atoms with E-state index in [1.165, 1.54) is 56.6 Å². The second kappa shape index (κ2) is 17.3. The van der Waals surface area contributed by atoms with Crippen LogP contribution in [0.4, 0.5) is 0 Å². The van der Waals surface area contributed by atoms with Gasteiger partial charge < -0.3 is 19.9 Å². The third-order valence-electron chi connectivity index (χ3n) is 11.4. The Morgan fingerprint density at radius 1 is 1.18 bits per heavy atom. The molecule has 1 saturated heterocycles. The summed E-state index contributed by atoms with van der Waals surface area (Å²) in [5, 5.41) is 12.4. The van der Waals surface area contributed by atoms with E-state index in [0.29, 0.717) is 36.0 Å². The van der Waals surface area contributed by atoms with Gasteiger partial charge in [-0.25, -0.2) is 0 Å². The summed E-state index contributed by atoms with van der Waals surface area (Å²) < 4.78 is 11.1. The van der Waals surface area contributed by atoms with E-state index in [4.69, 9.17) is 15.2 Å². The maximum Gasteiger partial charge on any atom is 0.302 e. The zero-order chi connectivity index (χ0) is 31.5. The fraction of sp³-hybridized carbons (Fsp3) is 0.833. The first-order valence-corrected chi connectivity index (χ1v) is 17.8. The molecular weight excluding hydrogens is 554 g/mol. The Morgan fingerprint density at radius 3 is 2.68 bits per heavy atom. The maximum absolute atomic E-state index is 13.0. The van der Waals surface area contributed by atoms with E-state index >= 15 is 0 Å². The first kappa shape index (κ1) is 35.1. The van der Waals surface area contributed by atoms with E-state index in [1.807, 2.05) is 0 Å². The number of ketones is 1. The van der Waals surface area contributed by atoms with Crippen LogP contribution in [-0.2, 0) is 19.1 Å². The average Bonchev–Trinajstić information content (AvgIpc) is 3.44. The van der Waals surface area contributed by atoms with Crippen LogP contribution in [0.1, 0.15) is 129 Å².